The number of rotatable bonds is 3. The Morgan fingerprint density at radius 2 is 1.54 bits per heavy atom. The lowest BCUT2D eigenvalue weighted by Crippen LogP contribution is -2.47. The van der Waals surface area contributed by atoms with Crippen molar-refractivity contribution in [1.82, 2.24) is 0 Å². The van der Waals surface area contributed by atoms with Crippen LogP contribution in [0.4, 0.5) is 11.4 Å². The van der Waals surface area contributed by atoms with Gasteiger partial charge in [-0.25, -0.2) is 0 Å². The summed E-state index contributed by atoms with van der Waals surface area (Å²) in [7, 11) is 0. The molecule has 3 nitrogen and oxygen atoms in total. The van der Waals surface area contributed by atoms with Crippen LogP contribution < -0.4 is 9.80 Å². The van der Waals surface area contributed by atoms with Crippen LogP contribution in [0.3, 0.4) is 0 Å². The molecule has 0 spiro atoms. The zero-order chi connectivity index (χ0) is 16.6. The van der Waals surface area contributed by atoms with Crippen LogP contribution in [0.2, 0.25) is 0 Å². The van der Waals surface area contributed by atoms with Gasteiger partial charge in [0.2, 0.25) is 5.91 Å². The monoisotopic (exact) mass is 320 g/mol. The molecule has 0 saturated carbocycles. The molecule has 0 radical (unpaired) electrons. The molecule has 2 heterocycles. The molecule has 2 saturated heterocycles. The van der Waals surface area contributed by atoms with Crippen LogP contribution in [0.15, 0.2) is 60.7 Å². The lowest BCUT2D eigenvalue weighted by molar-refractivity contribution is -0.125. The number of hydrogen-bond acceptors (Lipinski definition) is 2. The van der Waals surface area contributed by atoms with Gasteiger partial charge in [-0.2, -0.15) is 0 Å². The minimum absolute atomic E-state index is 0.279. The van der Waals surface area contributed by atoms with E-state index in [1.165, 1.54) is 5.69 Å². The lowest BCUT2D eigenvalue weighted by Gasteiger charge is -2.37. The number of carbonyl (C=O) groups excluding carboxylic acids is 1. The van der Waals surface area contributed by atoms with E-state index in [-0.39, 0.29) is 11.3 Å². The first kappa shape index (κ1) is 15.3. The van der Waals surface area contributed by atoms with Crippen molar-refractivity contribution in [1.29, 1.82) is 0 Å². The first-order chi connectivity index (χ1) is 11.7. The summed E-state index contributed by atoms with van der Waals surface area (Å²) in [5, 5.41) is 0. The maximum absolute atomic E-state index is 13.3. The van der Waals surface area contributed by atoms with Gasteiger partial charge in [0.25, 0.3) is 0 Å². The Morgan fingerprint density at radius 3 is 2.21 bits per heavy atom. The molecule has 2 aliphatic heterocycles. The average Bonchev–Trinajstić information content (AvgIpc) is 3.23. The van der Waals surface area contributed by atoms with Gasteiger partial charge in [0, 0.05) is 30.5 Å². The number of para-hydroxylation sites is 2. The first-order valence-corrected chi connectivity index (χ1v) is 8.89. The standard InChI is InChI=1S/C21H24N2O/c1-21(14-16-23(20(21)24)18-11-6-3-7-12-18)19-13-8-15-22(19)17-9-4-2-5-10-17/h2-7,9-12,19H,8,13-16H2,1H3. The van der Waals surface area contributed by atoms with E-state index in [1.807, 2.05) is 41.3 Å². The Morgan fingerprint density at radius 1 is 0.917 bits per heavy atom. The Labute approximate surface area is 143 Å². The maximum Gasteiger partial charge on any atom is 0.235 e. The predicted molar refractivity (Wildman–Crippen MR) is 98.3 cm³/mol. The molecule has 0 aliphatic carbocycles. The van der Waals surface area contributed by atoms with Crippen molar-refractivity contribution in [3.63, 3.8) is 0 Å². The molecular formula is C21H24N2O. The average molecular weight is 320 g/mol. The smallest absolute Gasteiger partial charge is 0.235 e. The van der Waals surface area contributed by atoms with Crippen LogP contribution in [-0.2, 0) is 4.79 Å². The Balaban J connectivity index is 1.62. The van der Waals surface area contributed by atoms with E-state index in [0.717, 1.165) is 38.0 Å². The highest BCUT2D eigenvalue weighted by Gasteiger charge is 2.51. The molecule has 2 aliphatic rings. The number of hydrogen-bond donors (Lipinski definition) is 0. The van der Waals surface area contributed by atoms with Crippen molar-refractivity contribution >= 4 is 17.3 Å². The molecule has 124 valence electrons. The minimum atomic E-state index is -0.303. The van der Waals surface area contributed by atoms with E-state index in [4.69, 9.17) is 0 Å². The second kappa shape index (κ2) is 5.97. The quantitative estimate of drug-likeness (QED) is 0.850. The van der Waals surface area contributed by atoms with Gasteiger partial charge >= 0.3 is 0 Å². The van der Waals surface area contributed by atoms with Crippen LogP contribution in [0, 0.1) is 5.41 Å². The molecule has 1 amide bonds. The number of nitrogens with zero attached hydrogens (tertiary/aromatic N) is 2. The molecule has 2 fully saturated rings. The number of amides is 1. The number of anilines is 2. The van der Waals surface area contributed by atoms with E-state index in [2.05, 4.69) is 36.1 Å². The summed E-state index contributed by atoms with van der Waals surface area (Å²) in [5.41, 5.74) is 1.96. The van der Waals surface area contributed by atoms with Gasteiger partial charge in [0.15, 0.2) is 0 Å². The van der Waals surface area contributed by atoms with Gasteiger partial charge in [-0.3, -0.25) is 4.79 Å². The van der Waals surface area contributed by atoms with Gasteiger partial charge in [-0.1, -0.05) is 36.4 Å². The zero-order valence-electron chi connectivity index (χ0n) is 14.2. The summed E-state index contributed by atoms with van der Waals surface area (Å²) in [5.74, 6) is 0.279. The summed E-state index contributed by atoms with van der Waals surface area (Å²) in [4.78, 5) is 17.7. The van der Waals surface area contributed by atoms with E-state index >= 15 is 0 Å². The van der Waals surface area contributed by atoms with E-state index in [1.54, 1.807) is 0 Å². The van der Waals surface area contributed by atoms with Crippen molar-refractivity contribution < 1.29 is 4.79 Å². The molecule has 2 aromatic rings. The summed E-state index contributed by atoms with van der Waals surface area (Å²) < 4.78 is 0. The Kier molecular flexibility index (Phi) is 3.79. The number of benzene rings is 2. The SMILES string of the molecule is CC1(C2CCCN2c2ccccc2)CCN(c2ccccc2)C1=O. The number of carbonyl (C=O) groups is 1. The van der Waals surface area contributed by atoms with E-state index in [9.17, 15) is 4.79 Å². The second-order valence-corrected chi connectivity index (χ2v) is 7.15. The van der Waals surface area contributed by atoms with Gasteiger partial charge in [0.1, 0.15) is 0 Å². The van der Waals surface area contributed by atoms with E-state index in [0.29, 0.717) is 6.04 Å². The molecule has 24 heavy (non-hydrogen) atoms. The fraction of sp³-hybridized carbons (Fsp3) is 0.381. The largest absolute Gasteiger partial charge is 0.367 e. The molecule has 2 atom stereocenters. The molecule has 0 bridgehead atoms. The Bertz CT molecular complexity index is 715. The normalized spacial score (nSPS) is 27.0. The first-order valence-electron chi connectivity index (χ1n) is 8.89. The Hall–Kier alpha value is -2.29. The highest BCUT2D eigenvalue weighted by atomic mass is 16.2. The molecule has 2 aromatic carbocycles. The fourth-order valence-corrected chi connectivity index (χ4v) is 4.38. The van der Waals surface area contributed by atoms with Crippen molar-refractivity contribution in [2.75, 3.05) is 22.9 Å². The molecule has 0 aromatic heterocycles. The summed E-state index contributed by atoms with van der Waals surface area (Å²) in [6.07, 6.45) is 3.18. The van der Waals surface area contributed by atoms with Crippen molar-refractivity contribution in [2.45, 2.75) is 32.2 Å². The van der Waals surface area contributed by atoms with Crippen LogP contribution >= 0.6 is 0 Å². The van der Waals surface area contributed by atoms with E-state index < -0.39 is 0 Å². The molecular weight excluding hydrogens is 296 g/mol. The second-order valence-electron chi connectivity index (χ2n) is 7.15. The third-order valence-electron chi connectivity index (χ3n) is 5.73. The molecule has 3 heteroatoms. The van der Waals surface area contributed by atoms with Crippen LogP contribution in [0.1, 0.15) is 26.2 Å². The maximum atomic E-state index is 13.3. The van der Waals surface area contributed by atoms with Crippen LogP contribution in [0.25, 0.3) is 0 Å². The fourth-order valence-electron chi connectivity index (χ4n) is 4.38. The highest BCUT2D eigenvalue weighted by Crippen LogP contribution is 2.44. The van der Waals surface area contributed by atoms with Crippen molar-refractivity contribution in [3.8, 4) is 0 Å². The third kappa shape index (κ3) is 2.39. The van der Waals surface area contributed by atoms with Crippen molar-refractivity contribution in [3.05, 3.63) is 60.7 Å². The molecule has 4 rings (SSSR count). The van der Waals surface area contributed by atoms with Gasteiger partial charge in [0.05, 0.1) is 5.41 Å². The lowest BCUT2D eigenvalue weighted by atomic mass is 9.79. The van der Waals surface area contributed by atoms with Crippen molar-refractivity contribution in [2.24, 2.45) is 5.41 Å². The van der Waals surface area contributed by atoms with Gasteiger partial charge in [-0.05, 0) is 50.5 Å². The third-order valence-corrected chi connectivity index (χ3v) is 5.73. The summed E-state index contributed by atoms with van der Waals surface area (Å²) in [6.45, 7) is 4.03. The zero-order valence-corrected chi connectivity index (χ0v) is 14.2. The highest BCUT2D eigenvalue weighted by molar-refractivity contribution is 6.00. The predicted octanol–water partition coefficient (Wildman–Crippen LogP) is 4.10. The minimum Gasteiger partial charge on any atom is -0.367 e. The molecule has 2 unspecified atom stereocenters. The topological polar surface area (TPSA) is 23.6 Å². The molecule has 0 N–H and O–H groups in total. The van der Waals surface area contributed by atoms with Gasteiger partial charge in [-0.15, -0.1) is 0 Å². The van der Waals surface area contributed by atoms with Crippen LogP contribution in [0.5, 0.6) is 0 Å². The van der Waals surface area contributed by atoms with Crippen LogP contribution in [-0.4, -0.2) is 25.0 Å². The summed E-state index contributed by atoms with van der Waals surface area (Å²) >= 11 is 0. The summed E-state index contributed by atoms with van der Waals surface area (Å²) in [6, 6.07) is 20.9. The van der Waals surface area contributed by atoms with Gasteiger partial charge < -0.3 is 9.80 Å².